The standard InChI is InChI=1S/C19H19N3O3/c1-24-16-8-4-14(5-9-16)17-11-25-12-18(17)22-19(23)21-15-6-2-13(10-20)3-7-15/h2-9,17-18H,11-12H2,1H3,(H2,21,22,23)/t17-,18-/m0/s1. The highest BCUT2D eigenvalue weighted by Gasteiger charge is 2.30. The maximum atomic E-state index is 12.2. The first kappa shape index (κ1) is 16.8. The predicted octanol–water partition coefficient (Wildman–Crippen LogP) is 2.87. The Morgan fingerprint density at radius 3 is 2.52 bits per heavy atom. The third kappa shape index (κ3) is 4.08. The van der Waals surface area contributed by atoms with Crippen molar-refractivity contribution >= 4 is 11.7 Å². The van der Waals surface area contributed by atoms with Crippen molar-refractivity contribution < 1.29 is 14.3 Å². The van der Waals surface area contributed by atoms with Crippen LogP contribution in [0.5, 0.6) is 5.75 Å². The summed E-state index contributed by atoms with van der Waals surface area (Å²) in [5.41, 5.74) is 2.29. The second kappa shape index (κ2) is 7.69. The van der Waals surface area contributed by atoms with Crippen LogP contribution in [0.15, 0.2) is 48.5 Å². The summed E-state index contributed by atoms with van der Waals surface area (Å²) < 4.78 is 10.7. The maximum absolute atomic E-state index is 12.2. The van der Waals surface area contributed by atoms with E-state index in [0.717, 1.165) is 11.3 Å². The Hall–Kier alpha value is -3.04. The van der Waals surface area contributed by atoms with E-state index in [9.17, 15) is 4.79 Å². The summed E-state index contributed by atoms with van der Waals surface area (Å²) in [4.78, 5) is 12.2. The van der Waals surface area contributed by atoms with Gasteiger partial charge in [0.1, 0.15) is 5.75 Å². The number of amides is 2. The van der Waals surface area contributed by atoms with E-state index in [2.05, 4.69) is 10.6 Å². The molecule has 2 aromatic carbocycles. The number of hydrogen-bond donors (Lipinski definition) is 2. The van der Waals surface area contributed by atoms with Crippen LogP contribution >= 0.6 is 0 Å². The molecule has 2 atom stereocenters. The van der Waals surface area contributed by atoms with Crippen LogP contribution in [0.4, 0.5) is 10.5 Å². The fourth-order valence-electron chi connectivity index (χ4n) is 2.84. The Morgan fingerprint density at radius 2 is 1.88 bits per heavy atom. The zero-order chi connectivity index (χ0) is 17.6. The van der Waals surface area contributed by atoms with Gasteiger partial charge in [0.15, 0.2) is 0 Å². The number of carbonyl (C=O) groups excluding carboxylic acids is 1. The first-order valence-electron chi connectivity index (χ1n) is 7.99. The van der Waals surface area contributed by atoms with E-state index in [-0.39, 0.29) is 18.0 Å². The van der Waals surface area contributed by atoms with Crippen LogP contribution in [0.1, 0.15) is 17.0 Å². The zero-order valence-corrected chi connectivity index (χ0v) is 13.9. The lowest BCUT2D eigenvalue weighted by atomic mass is 9.94. The van der Waals surface area contributed by atoms with Gasteiger partial charge in [0, 0.05) is 11.6 Å². The Labute approximate surface area is 146 Å². The lowest BCUT2D eigenvalue weighted by Crippen LogP contribution is -2.41. The molecule has 0 spiro atoms. The van der Waals surface area contributed by atoms with Gasteiger partial charge in [-0.2, -0.15) is 5.26 Å². The number of urea groups is 1. The average Bonchev–Trinajstić information content (AvgIpc) is 3.10. The van der Waals surface area contributed by atoms with Gasteiger partial charge in [-0.15, -0.1) is 0 Å². The van der Waals surface area contributed by atoms with Gasteiger partial charge in [0.05, 0.1) is 38.0 Å². The summed E-state index contributed by atoms with van der Waals surface area (Å²) in [6, 6.07) is 16.2. The van der Waals surface area contributed by atoms with E-state index in [1.807, 2.05) is 30.3 Å². The van der Waals surface area contributed by atoms with E-state index < -0.39 is 0 Å². The molecule has 1 aliphatic heterocycles. The second-order valence-corrected chi connectivity index (χ2v) is 5.81. The highest BCUT2D eigenvalue weighted by molar-refractivity contribution is 5.89. The number of carbonyl (C=O) groups is 1. The van der Waals surface area contributed by atoms with Gasteiger partial charge < -0.3 is 20.1 Å². The molecule has 0 saturated carbocycles. The summed E-state index contributed by atoms with van der Waals surface area (Å²) in [5, 5.41) is 14.5. The van der Waals surface area contributed by atoms with Gasteiger partial charge in [-0.3, -0.25) is 0 Å². The minimum atomic E-state index is -0.293. The molecule has 25 heavy (non-hydrogen) atoms. The quantitative estimate of drug-likeness (QED) is 0.898. The number of anilines is 1. The van der Waals surface area contributed by atoms with Gasteiger partial charge in [0.25, 0.3) is 0 Å². The SMILES string of the molecule is COc1ccc([C@@H]2COC[C@@H]2NC(=O)Nc2ccc(C#N)cc2)cc1. The van der Waals surface area contributed by atoms with E-state index >= 15 is 0 Å². The Bertz CT molecular complexity index is 766. The molecule has 128 valence electrons. The minimum absolute atomic E-state index is 0.0950. The minimum Gasteiger partial charge on any atom is -0.497 e. The summed E-state index contributed by atoms with van der Waals surface area (Å²) in [6.45, 7) is 1.03. The molecule has 1 heterocycles. The van der Waals surface area contributed by atoms with Crippen molar-refractivity contribution in [3.63, 3.8) is 0 Å². The summed E-state index contributed by atoms with van der Waals surface area (Å²) in [6.07, 6.45) is 0. The van der Waals surface area contributed by atoms with Crippen molar-refractivity contribution in [3.05, 3.63) is 59.7 Å². The van der Waals surface area contributed by atoms with Crippen LogP contribution in [0.3, 0.4) is 0 Å². The molecule has 1 saturated heterocycles. The zero-order valence-electron chi connectivity index (χ0n) is 13.9. The Balaban J connectivity index is 1.62. The molecular formula is C19H19N3O3. The molecular weight excluding hydrogens is 318 g/mol. The molecule has 0 aliphatic carbocycles. The van der Waals surface area contributed by atoms with Crippen molar-refractivity contribution in [3.8, 4) is 11.8 Å². The third-order valence-corrected chi connectivity index (χ3v) is 4.21. The molecule has 0 aromatic heterocycles. The fraction of sp³-hybridized carbons (Fsp3) is 0.263. The van der Waals surface area contributed by atoms with E-state index in [4.69, 9.17) is 14.7 Å². The van der Waals surface area contributed by atoms with Crippen LogP contribution in [0.25, 0.3) is 0 Å². The second-order valence-electron chi connectivity index (χ2n) is 5.81. The fourth-order valence-corrected chi connectivity index (χ4v) is 2.84. The Kier molecular flexibility index (Phi) is 5.17. The topological polar surface area (TPSA) is 83.4 Å². The van der Waals surface area contributed by atoms with Crippen molar-refractivity contribution in [1.82, 2.24) is 5.32 Å². The number of nitrogens with zero attached hydrogens (tertiary/aromatic N) is 1. The molecule has 2 aromatic rings. The number of ether oxygens (including phenoxy) is 2. The molecule has 0 radical (unpaired) electrons. The normalized spacial score (nSPS) is 19.0. The molecule has 0 unspecified atom stereocenters. The van der Waals surface area contributed by atoms with Crippen LogP contribution < -0.4 is 15.4 Å². The molecule has 6 heteroatoms. The van der Waals surface area contributed by atoms with Crippen LogP contribution in [-0.4, -0.2) is 32.4 Å². The molecule has 0 bridgehead atoms. The summed E-state index contributed by atoms with van der Waals surface area (Å²) in [5.74, 6) is 0.892. The molecule has 2 N–H and O–H groups in total. The number of nitrogens with one attached hydrogen (secondary N) is 2. The number of hydrogen-bond acceptors (Lipinski definition) is 4. The molecule has 1 aliphatic rings. The van der Waals surface area contributed by atoms with Gasteiger partial charge in [-0.05, 0) is 42.0 Å². The highest BCUT2D eigenvalue weighted by Crippen LogP contribution is 2.27. The molecule has 3 rings (SSSR count). The van der Waals surface area contributed by atoms with Crippen molar-refractivity contribution in [2.75, 3.05) is 25.6 Å². The first-order valence-corrected chi connectivity index (χ1v) is 7.99. The smallest absolute Gasteiger partial charge is 0.319 e. The summed E-state index contributed by atoms with van der Waals surface area (Å²) >= 11 is 0. The van der Waals surface area contributed by atoms with E-state index in [1.165, 1.54) is 0 Å². The molecule has 1 fully saturated rings. The third-order valence-electron chi connectivity index (χ3n) is 4.21. The van der Waals surface area contributed by atoms with E-state index in [1.54, 1.807) is 31.4 Å². The number of benzene rings is 2. The molecule has 2 amide bonds. The largest absolute Gasteiger partial charge is 0.497 e. The first-order chi connectivity index (χ1) is 12.2. The van der Waals surface area contributed by atoms with Gasteiger partial charge in [0.2, 0.25) is 0 Å². The van der Waals surface area contributed by atoms with Crippen LogP contribution in [-0.2, 0) is 4.74 Å². The monoisotopic (exact) mass is 337 g/mol. The van der Waals surface area contributed by atoms with Crippen molar-refractivity contribution in [1.29, 1.82) is 5.26 Å². The average molecular weight is 337 g/mol. The number of nitriles is 1. The number of rotatable bonds is 4. The van der Waals surface area contributed by atoms with Gasteiger partial charge >= 0.3 is 6.03 Å². The van der Waals surface area contributed by atoms with Gasteiger partial charge in [-0.25, -0.2) is 4.79 Å². The summed E-state index contributed by atoms with van der Waals surface area (Å²) in [7, 11) is 1.63. The lowest BCUT2D eigenvalue weighted by molar-refractivity contribution is 0.187. The van der Waals surface area contributed by atoms with E-state index in [0.29, 0.717) is 24.5 Å². The maximum Gasteiger partial charge on any atom is 0.319 e. The molecule has 6 nitrogen and oxygen atoms in total. The predicted molar refractivity (Wildman–Crippen MR) is 93.7 cm³/mol. The lowest BCUT2D eigenvalue weighted by Gasteiger charge is -2.20. The van der Waals surface area contributed by atoms with Crippen LogP contribution in [0, 0.1) is 11.3 Å². The van der Waals surface area contributed by atoms with Crippen molar-refractivity contribution in [2.24, 2.45) is 0 Å². The van der Waals surface area contributed by atoms with Crippen molar-refractivity contribution in [2.45, 2.75) is 12.0 Å². The highest BCUT2D eigenvalue weighted by atomic mass is 16.5. The Morgan fingerprint density at radius 1 is 1.16 bits per heavy atom. The van der Waals surface area contributed by atoms with Crippen LogP contribution in [0.2, 0.25) is 0 Å². The number of methoxy groups -OCH3 is 1. The van der Waals surface area contributed by atoms with Gasteiger partial charge in [-0.1, -0.05) is 12.1 Å².